The van der Waals surface area contributed by atoms with E-state index in [1.165, 1.54) is 7.11 Å². The number of hydrogen-bond donors (Lipinski definition) is 5. The van der Waals surface area contributed by atoms with E-state index in [1.807, 2.05) is 6.07 Å². The Hall–Kier alpha value is -3.40. The standard InChI is InChI=1S/C20H24FN7O2/c1-30-16-9-15(10-6-7-24-18(10)27-16)26-19-11(17(23)29)8-12(21)20(28-19)25-14-5-3-2-4-13(14)22/h6-9,13-14H,2-5,22H2,1H3,(H2,23,29)(H3,24,25,26,27,28). The molecule has 0 saturated heterocycles. The summed E-state index contributed by atoms with van der Waals surface area (Å²) in [6.45, 7) is 0. The van der Waals surface area contributed by atoms with Gasteiger partial charge in [0.05, 0.1) is 18.4 Å². The van der Waals surface area contributed by atoms with Crippen molar-refractivity contribution in [1.82, 2.24) is 15.0 Å². The monoisotopic (exact) mass is 413 g/mol. The third-order valence-corrected chi connectivity index (χ3v) is 5.35. The molecule has 30 heavy (non-hydrogen) atoms. The number of nitrogens with one attached hydrogen (secondary N) is 3. The summed E-state index contributed by atoms with van der Waals surface area (Å²) in [6, 6.07) is 4.39. The highest BCUT2D eigenvalue weighted by Crippen LogP contribution is 2.31. The molecule has 3 aromatic heterocycles. The number of rotatable bonds is 6. The molecule has 9 nitrogen and oxygen atoms in total. The van der Waals surface area contributed by atoms with Crippen molar-refractivity contribution >= 4 is 34.3 Å². The number of nitrogens with zero attached hydrogens (tertiary/aromatic N) is 2. The third kappa shape index (κ3) is 3.86. The van der Waals surface area contributed by atoms with E-state index < -0.39 is 11.7 Å². The van der Waals surface area contributed by atoms with Crippen molar-refractivity contribution in [2.24, 2.45) is 11.5 Å². The van der Waals surface area contributed by atoms with Crippen molar-refractivity contribution in [2.45, 2.75) is 37.8 Å². The average molecular weight is 413 g/mol. The molecule has 10 heteroatoms. The predicted molar refractivity (Wildman–Crippen MR) is 112 cm³/mol. The van der Waals surface area contributed by atoms with Gasteiger partial charge in [-0.15, -0.1) is 0 Å². The number of anilines is 3. The number of ether oxygens (including phenoxy) is 1. The first kappa shape index (κ1) is 19.9. The molecule has 0 bridgehead atoms. The Morgan fingerprint density at radius 1 is 1.27 bits per heavy atom. The van der Waals surface area contributed by atoms with E-state index in [4.69, 9.17) is 16.2 Å². The van der Waals surface area contributed by atoms with Crippen molar-refractivity contribution in [2.75, 3.05) is 17.7 Å². The van der Waals surface area contributed by atoms with Crippen LogP contribution in [0.15, 0.2) is 24.4 Å². The van der Waals surface area contributed by atoms with Gasteiger partial charge in [0, 0.05) is 29.7 Å². The van der Waals surface area contributed by atoms with Crippen molar-refractivity contribution in [3.63, 3.8) is 0 Å². The van der Waals surface area contributed by atoms with E-state index in [2.05, 4.69) is 25.6 Å². The number of primary amides is 1. The minimum absolute atomic E-state index is 0.0242. The van der Waals surface area contributed by atoms with Gasteiger partial charge in [0.25, 0.3) is 5.91 Å². The predicted octanol–water partition coefficient (Wildman–Crippen LogP) is 2.63. The largest absolute Gasteiger partial charge is 0.481 e. The second-order valence-electron chi connectivity index (χ2n) is 7.36. The summed E-state index contributed by atoms with van der Waals surface area (Å²) in [5.74, 6) is -0.938. The lowest BCUT2D eigenvalue weighted by Crippen LogP contribution is -2.43. The Morgan fingerprint density at radius 3 is 2.80 bits per heavy atom. The van der Waals surface area contributed by atoms with Crippen LogP contribution in [0.5, 0.6) is 5.88 Å². The quantitative estimate of drug-likeness (QED) is 0.418. The van der Waals surface area contributed by atoms with Gasteiger partial charge < -0.3 is 31.8 Å². The normalized spacial score (nSPS) is 18.9. The van der Waals surface area contributed by atoms with Crippen molar-refractivity contribution in [1.29, 1.82) is 0 Å². The molecule has 4 rings (SSSR count). The lowest BCUT2D eigenvalue weighted by Gasteiger charge is -2.30. The number of H-pyrrole nitrogens is 1. The van der Waals surface area contributed by atoms with Crippen LogP contribution in [0, 0.1) is 5.82 Å². The SMILES string of the molecule is COc1cc(Nc2nc(NC3CCCCC3N)c(F)cc2C(N)=O)c2cc[nH]c2n1. The molecular weight excluding hydrogens is 389 g/mol. The van der Waals surface area contributed by atoms with Gasteiger partial charge in [0.1, 0.15) is 11.5 Å². The maximum atomic E-state index is 14.7. The first-order valence-electron chi connectivity index (χ1n) is 9.78. The lowest BCUT2D eigenvalue weighted by molar-refractivity contribution is 0.100. The fourth-order valence-corrected chi connectivity index (χ4v) is 3.74. The highest BCUT2D eigenvalue weighted by Gasteiger charge is 2.24. The summed E-state index contributed by atoms with van der Waals surface area (Å²) in [6.07, 6.45) is 5.49. The van der Waals surface area contributed by atoms with Gasteiger partial charge in [-0.05, 0) is 25.0 Å². The number of nitrogens with two attached hydrogens (primary N) is 2. The summed E-state index contributed by atoms with van der Waals surface area (Å²) in [7, 11) is 1.50. The summed E-state index contributed by atoms with van der Waals surface area (Å²) in [4.78, 5) is 23.6. The van der Waals surface area contributed by atoms with Crippen LogP contribution in [-0.2, 0) is 0 Å². The van der Waals surface area contributed by atoms with Gasteiger partial charge in [-0.1, -0.05) is 12.8 Å². The number of halogens is 1. The van der Waals surface area contributed by atoms with Crippen molar-refractivity contribution < 1.29 is 13.9 Å². The molecule has 7 N–H and O–H groups in total. The van der Waals surface area contributed by atoms with Crippen LogP contribution in [0.1, 0.15) is 36.0 Å². The van der Waals surface area contributed by atoms with Gasteiger partial charge in [0.2, 0.25) is 5.88 Å². The molecule has 0 aliphatic heterocycles. The highest BCUT2D eigenvalue weighted by molar-refractivity contribution is 6.00. The molecule has 0 spiro atoms. The summed E-state index contributed by atoms with van der Waals surface area (Å²) in [5, 5.41) is 6.93. The first-order valence-corrected chi connectivity index (χ1v) is 9.78. The number of hydrogen-bond acceptors (Lipinski definition) is 7. The van der Waals surface area contributed by atoms with Gasteiger partial charge in [-0.25, -0.2) is 9.37 Å². The summed E-state index contributed by atoms with van der Waals surface area (Å²) in [5.41, 5.74) is 12.8. The number of fused-ring (bicyclic) bond motifs is 1. The fraction of sp³-hybridized carbons (Fsp3) is 0.350. The van der Waals surface area contributed by atoms with Crippen LogP contribution in [0.4, 0.5) is 21.7 Å². The summed E-state index contributed by atoms with van der Waals surface area (Å²) < 4.78 is 19.9. The molecule has 158 valence electrons. The fourth-order valence-electron chi connectivity index (χ4n) is 3.74. The lowest BCUT2D eigenvalue weighted by atomic mass is 9.91. The Kier molecular flexibility index (Phi) is 5.40. The third-order valence-electron chi connectivity index (χ3n) is 5.35. The van der Waals surface area contributed by atoms with Gasteiger partial charge in [-0.3, -0.25) is 4.79 Å². The molecule has 2 unspecified atom stereocenters. The molecule has 3 aromatic rings. The Labute approximate surface area is 172 Å². The molecule has 2 atom stereocenters. The maximum Gasteiger partial charge on any atom is 0.252 e. The minimum Gasteiger partial charge on any atom is -0.481 e. The molecule has 0 aromatic carbocycles. The maximum absolute atomic E-state index is 14.7. The molecule has 1 aliphatic rings. The van der Waals surface area contributed by atoms with E-state index in [9.17, 15) is 9.18 Å². The Balaban J connectivity index is 1.73. The smallest absolute Gasteiger partial charge is 0.252 e. The second-order valence-corrected chi connectivity index (χ2v) is 7.36. The second kappa shape index (κ2) is 8.15. The average Bonchev–Trinajstić information content (AvgIpc) is 3.20. The topological polar surface area (TPSA) is 144 Å². The van der Waals surface area contributed by atoms with E-state index >= 15 is 0 Å². The Bertz CT molecular complexity index is 1080. The van der Waals surface area contributed by atoms with Gasteiger partial charge in [0.15, 0.2) is 11.6 Å². The zero-order chi connectivity index (χ0) is 21.3. The van der Waals surface area contributed by atoms with Crippen LogP contribution >= 0.6 is 0 Å². The summed E-state index contributed by atoms with van der Waals surface area (Å²) >= 11 is 0. The van der Waals surface area contributed by atoms with Crippen LogP contribution in [0.25, 0.3) is 11.0 Å². The number of pyridine rings is 2. The zero-order valence-corrected chi connectivity index (χ0v) is 16.5. The van der Waals surface area contributed by atoms with Gasteiger partial charge in [-0.2, -0.15) is 4.98 Å². The zero-order valence-electron chi connectivity index (χ0n) is 16.5. The molecular formula is C20H24FN7O2. The molecule has 1 saturated carbocycles. The minimum atomic E-state index is -0.795. The number of amides is 1. The molecule has 3 heterocycles. The van der Waals surface area contributed by atoms with E-state index in [0.29, 0.717) is 17.2 Å². The Morgan fingerprint density at radius 2 is 2.07 bits per heavy atom. The van der Waals surface area contributed by atoms with Crippen LogP contribution in [0.3, 0.4) is 0 Å². The number of carbonyl (C=O) groups is 1. The van der Waals surface area contributed by atoms with Crippen LogP contribution in [0.2, 0.25) is 0 Å². The number of methoxy groups -OCH3 is 1. The van der Waals surface area contributed by atoms with Crippen LogP contribution in [-0.4, -0.2) is 40.1 Å². The molecule has 1 aliphatic carbocycles. The van der Waals surface area contributed by atoms with Crippen molar-refractivity contribution in [3.8, 4) is 5.88 Å². The number of aromatic nitrogens is 3. The van der Waals surface area contributed by atoms with Gasteiger partial charge >= 0.3 is 0 Å². The molecule has 0 radical (unpaired) electrons. The molecule has 1 fully saturated rings. The van der Waals surface area contributed by atoms with Crippen LogP contribution < -0.4 is 26.8 Å². The number of aromatic amines is 1. The highest BCUT2D eigenvalue weighted by atomic mass is 19.1. The number of carbonyl (C=O) groups excluding carboxylic acids is 1. The van der Waals surface area contributed by atoms with Crippen molar-refractivity contribution in [3.05, 3.63) is 35.8 Å². The van der Waals surface area contributed by atoms with E-state index in [1.54, 1.807) is 12.3 Å². The van der Waals surface area contributed by atoms with E-state index in [-0.39, 0.29) is 29.3 Å². The first-order chi connectivity index (χ1) is 14.5. The van der Waals surface area contributed by atoms with E-state index in [0.717, 1.165) is 37.1 Å². The molecule has 1 amide bonds.